The lowest BCUT2D eigenvalue weighted by Crippen LogP contribution is -2.09. The van der Waals surface area contributed by atoms with Gasteiger partial charge in [0.1, 0.15) is 0 Å². The Balaban J connectivity index is 2.21. The Bertz CT molecular complexity index is 436. The molecule has 2 rings (SSSR count). The summed E-state index contributed by atoms with van der Waals surface area (Å²) in [7, 11) is 0. The molecule has 1 fully saturated rings. The first-order valence-corrected chi connectivity index (χ1v) is 6.99. The molecule has 1 aromatic rings. The van der Waals surface area contributed by atoms with Crippen molar-refractivity contribution in [3.8, 4) is 0 Å². The average molecular weight is 267 g/mol. The third kappa shape index (κ3) is 2.86. The van der Waals surface area contributed by atoms with Crippen molar-refractivity contribution < 1.29 is 9.90 Å². The molecule has 18 heavy (non-hydrogen) atoms. The van der Waals surface area contributed by atoms with E-state index in [1.165, 1.54) is 37.7 Å². The van der Waals surface area contributed by atoms with Crippen LogP contribution in [0.5, 0.6) is 0 Å². The minimum absolute atomic E-state index is 0.497. The van der Waals surface area contributed by atoms with Gasteiger partial charge in [0.05, 0.1) is 5.92 Å². The van der Waals surface area contributed by atoms with Crippen LogP contribution in [0.3, 0.4) is 0 Å². The highest BCUT2D eigenvalue weighted by atomic mass is 35.5. The average Bonchev–Trinajstić information content (AvgIpc) is 2.38. The van der Waals surface area contributed by atoms with Gasteiger partial charge in [0.15, 0.2) is 0 Å². The van der Waals surface area contributed by atoms with Crippen molar-refractivity contribution in [2.24, 2.45) is 0 Å². The van der Waals surface area contributed by atoms with Crippen LogP contribution >= 0.6 is 11.6 Å². The van der Waals surface area contributed by atoms with E-state index in [9.17, 15) is 4.79 Å². The Morgan fingerprint density at radius 2 is 2.00 bits per heavy atom. The van der Waals surface area contributed by atoms with Gasteiger partial charge in [0.25, 0.3) is 0 Å². The van der Waals surface area contributed by atoms with Crippen LogP contribution in [-0.2, 0) is 4.79 Å². The normalized spacial score (nSPS) is 18.6. The Labute approximate surface area is 113 Å². The molecule has 1 aliphatic rings. The van der Waals surface area contributed by atoms with Crippen molar-refractivity contribution in [1.82, 2.24) is 0 Å². The largest absolute Gasteiger partial charge is 0.481 e. The zero-order chi connectivity index (χ0) is 13.1. The summed E-state index contributed by atoms with van der Waals surface area (Å²) in [6.07, 6.45) is 6.27. The van der Waals surface area contributed by atoms with Gasteiger partial charge in [-0.15, -0.1) is 0 Å². The van der Waals surface area contributed by atoms with E-state index in [0.717, 1.165) is 10.6 Å². The maximum atomic E-state index is 11.0. The third-order valence-corrected chi connectivity index (χ3v) is 4.27. The molecule has 1 N–H and O–H groups in total. The lowest BCUT2D eigenvalue weighted by atomic mass is 9.83. The standard InChI is InChI=1S/C15H19ClO2/c1-10(15(17)18)12-7-8-13(14(16)9-12)11-5-3-2-4-6-11/h7-11H,2-6H2,1H3,(H,17,18)/t10-/m0/s1. The van der Waals surface area contributed by atoms with Gasteiger partial charge in [-0.1, -0.05) is 43.0 Å². The summed E-state index contributed by atoms with van der Waals surface area (Å²) in [5, 5.41) is 9.73. The van der Waals surface area contributed by atoms with Crippen molar-refractivity contribution in [3.05, 3.63) is 34.3 Å². The van der Waals surface area contributed by atoms with Crippen molar-refractivity contribution in [2.45, 2.75) is 50.9 Å². The quantitative estimate of drug-likeness (QED) is 0.870. The SMILES string of the molecule is C[C@H](C(=O)O)c1ccc(C2CCCCC2)c(Cl)c1. The molecule has 0 aromatic heterocycles. The van der Waals surface area contributed by atoms with Crippen LogP contribution in [0.2, 0.25) is 5.02 Å². The van der Waals surface area contributed by atoms with Crippen molar-refractivity contribution in [3.63, 3.8) is 0 Å². The van der Waals surface area contributed by atoms with Crippen LogP contribution in [0, 0.1) is 0 Å². The van der Waals surface area contributed by atoms with E-state index in [4.69, 9.17) is 16.7 Å². The molecule has 0 amide bonds. The third-order valence-electron chi connectivity index (χ3n) is 3.94. The second-order valence-electron chi connectivity index (χ2n) is 5.18. The molecule has 0 aliphatic heterocycles. The molecule has 0 spiro atoms. The summed E-state index contributed by atoms with van der Waals surface area (Å²) in [5.74, 6) is -0.750. The van der Waals surface area contributed by atoms with Crippen LogP contribution < -0.4 is 0 Å². The molecular formula is C15H19ClO2. The maximum Gasteiger partial charge on any atom is 0.310 e. The van der Waals surface area contributed by atoms with Gasteiger partial charge in [-0.25, -0.2) is 0 Å². The predicted octanol–water partition coefficient (Wildman–Crippen LogP) is 4.58. The monoisotopic (exact) mass is 266 g/mol. The molecule has 98 valence electrons. The number of hydrogen-bond donors (Lipinski definition) is 1. The van der Waals surface area contributed by atoms with E-state index >= 15 is 0 Å². The topological polar surface area (TPSA) is 37.3 Å². The Kier molecular flexibility index (Phi) is 4.28. The highest BCUT2D eigenvalue weighted by Gasteiger charge is 2.20. The summed E-state index contributed by atoms with van der Waals surface area (Å²) in [4.78, 5) is 11.0. The van der Waals surface area contributed by atoms with Gasteiger partial charge >= 0.3 is 5.97 Å². The number of carboxylic acid groups (broad SMARTS) is 1. The zero-order valence-corrected chi connectivity index (χ0v) is 11.4. The van der Waals surface area contributed by atoms with Gasteiger partial charge in [-0.05, 0) is 42.9 Å². The summed E-state index contributed by atoms with van der Waals surface area (Å²) in [6, 6.07) is 5.76. The van der Waals surface area contributed by atoms with E-state index < -0.39 is 11.9 Å². The zero-order valence-electron chi connectivity index (χ0n) is 10.7. The molecule has 2 nitrogen and oxygen atoms in total. The van der Waals surface area contributed by atoms with E-state index in [0.29, 0.717) is 5.92 Å². The fourth-order valence-corrected chi connectivity index (χ4v) is 3.04. The lowest BCUT2D eigenvalue weighted by molar-refractivity contribution is -0.138. The van der Waals surface area contributed by atoms with Gasteiger partial charge in [-0.3, -0.25) is 4.79 Å². The maximum absolute atomic E-state index is 11.0. The molecule has 1 aromatic carbocycles. The number of aliphatic carboxylic acids is 1. The fraction of sp³-hybridized carbons (Fsp3) is 0.533. The van der Waals surface area contributed by atoms with Gasteiger partial charge in [0.2, 0.25) is 0 Å². The Morgan fingerprint density at radius 3 is 2.56 bits per heavy atom. The van der Waals surface area contributed by atoms with Crippen molar-refractivity contribution in [2.75, 3.05) is 0 Å². The Morgan fingerprint density at radius 1 is 1.33 bits per heavy atom. The Hall–Kier alpha value is -1.02. The molecule has 0 heterocycles. The second kappa shape index (κ2) is 5.75. The van der Waals surface area contributed by atoms with Crippen molar-refractivity contribution >= 4 is 17.6 Å². The number of hydrogen-bond acceptors (Lipinski definition) is 1. The van der Waals surface area contributed by atoms with Crippen LogP contribution in [0.15, 0.2) is 18.2 Å². The van der Waals surface area contributed by atoms with E-state index in [1.807, 2.05) is 18.2 Å². The molecule has 1 saturated carbocycles. The molecular weight excluding hydrogens is 248 g/mol. The molecule has 1 aliphatic carbocycles. The van der Waals surface area contributed by atoms with E-state index in [2.05, 4.69) is 0 Å². The second-order valence-corrected chi connectivity index (χ2v) is 5.58. The molecule has 0 radical (unpaired) electrons. The number of halogens is 1. The minimum atomic E-state index is -0.809. The highest BCUT2D eigenvalue weighted by molar-refractivity contribution is 6.31. The molecule has 3 heteroatoms. The predicted molar refractivity (Wildman–Crippen MR) is 73.3 cm³/mol. The number of rotatable bonds is 3. The summed E-state index contributed by atoms with van der Waals surface area (Å²) in [6.45, 7) is 1.69. The van der Waals surface area contributed by atoms with Crippen LogP contribution in [0.25, 0.3) is 0 Å². The van der Waals surface area contributed by atoms with Crippen LogP contribution in [-0.4, -0.2) is 11.1 Å². The van der Waals surface area contributed by atoms with Crippen LogP contribution in [0.1, 0.15) is 62.0 Å². The van der Waals surface area contributed by atoms with Crippen LogP contribution in [0.4, 0.5) is 0 Å². The highest BCUT2D eigenvalue weighted by Crippen LogP contribution is 2.37. The number of carboxylic acids is 1. The summed E-state index contributed by atoms with van der Waals surface area (Å²) in [5.41, 5.74) is 1.98. The van der Waals surface area contributed by atoms with Gasteiger partial charge in [0, 0.05) is 5.02 Å². The summed E-state index contributed by atoms with van der Waals surface area (Å²) >= 11 is 6.32. The van der Waals surface area contributed by atoms with Gasteiger partial charge < -0.3 is 5.11 Å². The molecule has 0 bridgehead atoms. The lowest BCUT2D eigenvalue weighted by Gasteiger charge is -2.23. The first kappa shape index (κ1) is 13.4. The van der Waals surface area contributed by atoms with Crippen molar-refractivity contribution in [1.29, 1.82) is 0 Å². The first-order valence-electron chi connectivity index (χ1n) is 6.61. The molecule has 0 saturated heterocycles. The number of benzene rings is 1. The number of carbonyl (C=O) groups is 1. The van der Waals surface area contributed by atoms with E-state index in [-0.39, 0.29) is 0 Å². The van der Waals surface area contributed by atoms with Gasteiger partial charge in [-0.2, -0.15) is 0 Å². The fourth-order valence-electron chi connectivity index (χ4n) is 2.70. The molecule has 1 atom stereocenters. The first-order chi connectivity index (χ1) is 8.59. The summed E-state index contributed by atoms with van der Waals surface area (Å²) < 4.78 is 0. The minimum Gasteiger partial charge on any atom is -0.481 e. The molecule has 0 unspecified atom stereocenters. The van der Waals surface area contributed by atoms with E-state index in [1.54, 1.807) is 6.92 Å². The smallest absolute Gasteiger partial charge is 0.310 e.